The summed E-state index contributed by atoms with van der Waals surface area (Å²) in [6.07, 6.45) is 0.940. The molecule has 1 aliphatic rings. The van der Waals surface area contributed by atoms with Gasteiger partial charge in [0.25, 0.3) is 5.91 Å². The molecule has 2 nitrogen and oxygen atoms in total. The molecule has 1 amide bonds. The summed E-state index contributed by atoms with van der Waals surface area (Å²) < 4.78 is 1.03. The van der Waals surface area contributed by atoms with Crippen molar-refractivity contribution in [2.75, 3.05) is 0 Å². The quantitative estimate of drug-likeness (QED) is 0.803. The standard InChI is InChI=1S/C10H10BrNO/c1-2-9-8-5-6(11)3-4-7(8)10(13)12-9/h3-5,9H,2H2,1H3,(H,12,13). The van der Waals surface area contributed by atoms with Gasteiger partial charge in [0.2, 0.25) is 0 Å². The summed E-state index contributed by atoms with van der Waals surface area (Å²) in [4.78, 5) is 11.4. The van der Waals surface area contributed by atoms with Crippen LogP contribution in [0.2, 0.25) is 0 Å². The molecule has 1 atom stereocenters. The number of carbonyl (C=O) groups excluding carboxylic acids is 1. The lowest BCUT2D eigenvalue weighted by atomic mass is 10.0. The van der Waals surface area contributed by atoms with Crippen LogP contribution in [0.3, 0.4) is 0 Å². The Morgan fingerprint density at radius 1 is 1.54 bits per heavy atom. The zero-order chi connectivity index (χ0) is 9.42. The normalized spacial score (nSPS) is 19.8. The highest BCUT2D eigenvalue weighted by atomic mass is 79.9. The van der Waals surface area contributed by atoms with Gasteiger partial charge in [0.1, 0.15) is 0 Å². The molecule has 0 bridgehead atoms. The zero-order valence-corrected chi connectivity index (χ0v) is 8.89. The SMILES string of the molecule is CCC1NC(=O)c2ccc(Br)cc21. The van der Waals surface area contributed by atoms with Gasteiger partial charge in [0.05, 0.1) is 6.04 Å². The topological polar surface area (TPSA) is 29.1 Å². The Hall–Kier alpha value is -0.830. The molecule has 0 spiro atoms. The van der Waals surface area contributed by atoms with Crippen LogP contribution in [0.15, 0.2) is 22.7 Å². The van der Waals surface area contributed by atoms with Crippen LogP contribution in [0.5, 0.6) is 0 Å². The molecule has 68 valence electrons. The van der Waals surface area contributed by atoms with E-state index >= 15 is 0 Å². The minimum absolute atomic E-state index is 0.0503. The van der Waals surface area contributed by atoms with E-state index in [1.54, 1.807) is 0 Å². The second-order valence-corrected chi connectivity index (χ2v) is 4.08. The van der Waals surface area contributed by atoms with E-state index in [0.717, 1.165) is 22.0 Å². The van der Waals surface area contributed by atoms with E-state index in [9.17, 15) is 4.79 Å². The van der Waals surface area contributed by atoms with E-state index in [1.165, 1.54) is 0 Å². The molecule has 0 radical (unpaired) electrons. The first-order valence-electron chi connectivity index (χ1n) is 4.32. The molecule has 1 aromatic carbocycles. The van der Waals surface area contributed by atoms with Crippen LogP contribution in [-0.2, 0) is 0 Å². The Morgan fingerprint density at radius 2 is 2.31 bits per heavy atom. The number of fused-ring (bicyclic) bond motifs is 1. The lowest BCUT2D eigenvalue weighted by molar-refractivity contribution is 0.0955. The van der Waals surface area contributed by atoms with E-state index < -0.39 is 0 Å². The minimum atomic E-state index is 0.0503. The van der Waals surface area contributed by atoms with Gasteiger partial charge in [0, 0.05) is 10.0 Å². The molecule has 1 heterocycles. The van der Waals surface area contributed by atoms with Crippen molar-refractivity contribution in [3.05, 3.63) is 33.8 Å². The maximum Gasteiger partial charge on any atom is 0.252 e. The Morgan fingerprint density at radius 3 is 3.00 bits per heavy atom. The number of nitrogens with one attached hydrogen (secondary N) is 1. The predicted octanol–water partition coefficient (Wildman–Crippen LogP) is 2.64. The number of carbonyl (C=O) groups is 1. The third-order valence-corrected chi connectivity index (χ3v) is 2.84. The fraction of sp³-hybridized carbons (Fsp3) is 0.300. The molecule has 0 saturated heterocycles. The van der Waals surface area contributed by atoms with Crippen molar-refractivity contribution in [1.82, 2.24) is 5.32 Å². The van der Waals surface area contributed by atoms with Crippen molar-refractivity contribution < 1.29 is 4.79 Å². The van der Waals surface area contributed by atoms with Gasteiger partial charge in [-0.15, -0.1) is 0 Å². The number of halogens is 1. The highest BCUT2D eigenvalue weighted by molar-refractivity contribution is 9.10. The van der Waals surface area contributed by atoms with Gasteiger partial charge >= 0.3 is 0 Å². The van der Waals surface area contributed by atoms with Crippen LogP contribution >= 0.6 is 15.9 Å². The van der Waals surface area contributed by atoms with E-state index in [1.807, 2.05) is 18.2 Å². The molecule has 13 heavy (non-hydrogen) atoms. The van der Waals surface area contributed by atoms with Gasteiger partial charge in [-0.3, -0.25) is 4.79 Å². The summed E-state index contributed by atoms with van der Waals surface area (Å²) in [7, 11) is 0. The molecule has 1 N–H and O–H groups in total. The van der Waals surface area contributed by atoms with Gasteiger partial charge in [-0.1, -0.05) is 22.9 Å². The van der Waals surface area contributed by atoms with E-state index in [0.29, 0.717) is 0 Å². The van der Waals surface area contributed by atoms with Crippen molar-refractivity contribution in [2.24, 2.45) is 0 Å². The minimum Gasteiger partial charge on any atom is -0.345 e. The second kappa shape index (κ2) is 3.14. The van der Waals surface area contributed by atoms with E-state index in [-0.39, 0.29) is 11.9 Å². The molecule has 1 unspecified atom stereocenters. The van der Waals surface area contributed by atoms with Crippen molar-refractivity contribution >= 4 is 21.8 Å². The number of rotatable bonds is 1. The highest BCUT2D eigenvalue weighted by Gasteiger charge is 2.26. The molecular weight excluding hydrogens is 230 g/mol. The Kier molecular flexibility index (Phi) is 2.12. The first-order chi connectivity index (χ1) is 6.22. The Bertz CT molecular complexity index is 362. The number of amides is 1. The molecule has 0 aromatic heterocycles. The summed E-state index contributed by atoms with van der Waals surface area (Å²) in [6, 6.07) is 5.97. The molecule has 3 heteroatoms. The molecule has 0 saturated carbocycles. The molecule has 2 rings (SSSR count). The maximum atomic E-state index is 11.4. The third kappa shape index (κ3) is 1.37. The third-order valence-electron chi connectivity index (χ3n) is 2.35. The van der Waals surface area contributed by atoms with Crippen molar-refractivity contribution in [3.63, 3.8) is 0 Å². The summed E-state index contributed by atoms with van der Waals surface area (Å²) in [5, 5.41) is 2.94. The fourth-order valence-corrected chi connectivity index (χ4v) is 2.04. The summed E-state index contributed by atoms with van der Waals surface area (Å²) >= 11 is 3.40. The number of benzene rings is 1. The molecular formula is C10H10BrNO. The van der Waals surface area contributed by atoms with Gasteiger partial charge in [0.15, 0.2) is 0 Å². The summed E-state index contributed by atoms with van der Waals surface area (Å²) in [6.45, 7) is 2.07. The van der Waals surface area contributed by atoms with E-state index in [4.69, 9.17) is 0 Å². The average Bonchev–Trinajstić information content (AvgIpc) is 2.42. The van der Waals surface area contributed by atoms with Crippen LogP contribution in [0, 0.1) is 0 Å². The molecule has 1 aliphatic heterocycles. The molecule has 1 aromatic rings. The monoisotopic (exact) mass is 239 g/mol. The van der Waals surface area contributed by atoms with Crippen LogP contribution in [0.25, 0.3) is 0 Å². The molecule has 0 fully saturated rings. The number of hydrogen-bond acceptors (Lipinski definition) is 1. The average molecular weight is 240 g/mol. The van der Waals surface area contributed by atoms with Crippen LogP contribution in [0.4, 0.5) is 0 Å². The fourth-order valence-electron chi connectivity index (χ4n) is 1.66. The smallest absolute Gasteiger partial charge is 0.252 e. The van der Waals surface area contributed by atoms with Gasteiger partial charge in [-0.2, -0.15) is 0 Å². The van der Waals surface area contributed by atoms with Crippen molar-refractivity contribution in [1.29, 1.82) is 0 Å². The maximum absolute atomic E-state index is 11.4. The van der Waals surface area contributed by atoms with E-state index in [2.05, 4.69) is 28.2 Å². The first-order valence-corrected chi connectivity index (χ1v) is 5.12. The lowest BCUT2D eigenvalue weighted by Crippen LogP contribution is -2.17. The highest BCUT2D eigenvalue weighted by Crippen LogP contribution is 2.29. The lowest BCUT2D eigenvalue weighted by Gasteiger charge is -2.07. The van der Waals surface area contributed by atoms with Crippen molar-refractivity contribution in [2.45, 2.75) is 19.4 Å². The van der Waals surface area contributed by atoms with Crippen LogP contribution in [0.1, 0.15) is 35.3 Å². The van der Waals surface area contributed by atoms with Gasteiger partial charge < -0.3 is 5.32 Å². The second-order valence-electron chi connectivity index (χ2n) is 3.17. The number of hydrogen-bond donors (Lipinski definition) is 1. The predicted molar refractivity (Wildman–Crippen MR) is 54.6 cm³/mol. The zero-order valence-electron chi connectivity index (χ0n) is 7.30. The summed E-state index contributed by atoms with van der Waals surface area (Å²) in [5.41, 5.74) is 1.93. The first kappa shape index (κ1) is 8.75. The van der Waals surface area contributed by atoms with Gasteiger partial charge in [-0.25, -0.2) is 0 Å². The summed E-state index contributed by atoms with van der Waals surface area (Å²) in [5.74, 6) is 0.0503. The Labute approximate surface area is 85.5 Å². The van der Waals surface area contributed by atoms with Gasteiger partial charge in [-0.05, 0) is 30.2 Å². The van der Waals surface area contributed by atoms with Crippen molar-refractivity contribution in [3.8, 4) is 0 Å². The van der Waals surface area contributed by atoms with Crippen LogP contribution in [-0.4, -0.2) is 5.91 Å². The van der Waals surface area contributed by atoms with Crippen LogP contribution < -0.4 is 5.32 Å². The molecule has 0 aliphatic carbocycles. The largest absolute Gasteiger partial charge is 0.345 e. The Balaban J connectivity index is 2.52.